The monoisotopic (exact) mass is 196 g/mol. The summed E-state index contributed by atoms with van der Waals surface area (Å²) >= 11 is 0. The van der Waals surface area contributed by atoms with E-state index in [1.807, 2.05) is 0 Å². The Labute approximate surface area is 81.0 Å². The second-order valence-corrected chi connectivity index (χ2v) is 3.80. The zero-order valence-corrected chi connectivity index (χ0v) is 7.84. The summed E-state index contributed by atoms with van der Waals surface area (Å²) in [4.78, 5) is 10.7. The van der Waals surface area contributed by atoms with E-state index in [-0.39, 0.29) is 0 Å². The van der Waals surface area contributed by atoms with Crippen LogP contribution in [0, 0.1) is 0 Å². The third-order valence-corrected chi connectivity index (χ3v) is 2.83. The molecule has 5 nitrogen and oxygen atoms in total. The number of hydrogen-bond acceptors (Lipinski definition) is 3. The molecule has 1 aromatic heterocycles. The molecule has 1 atom stereocenters. The molecule has 1 unspecified atom stereocenters. The molecule has 1 aromatic rings. The van der Waals surface area contributed by atoms with Crippen LogP contribution in [0.4, 0.5) is 0 Å². The third kappa shape index (κ3) is 1.21. The summed E-state index contributed by atoms with van der Waals surface area (Å²) in [5, 5.41) is 22.3. The Morgan fingerprint density at radius 3 is 2.71 bits per heavy atom. The highest BCUT2D eigenvalue weighted by Gasteiger charge is 2.54. The van der Waals surface area contributed by atoms with E-state index in [4.69, 9.17) is 5.11 Å². The summed E-state index contributed by atoms with van der Waals surface area (Å²) in [6.07, 6.45) is 3.50. The van der Waals surface area contributed by atoms with Gasteiger partial charge < -0.3 is 10.2 Å². The van der Waals surface area contributed by atoms with Crippen LogP contribution in [0.5, 0.6) is 0 Å². The van der Waals surface area contributed by atoms with E-state index in [0.717, 1.165) is 5.56 Å². The smallest absolute Gasteiger partial charge is 0.333 e. The van der Waals surface area contributed by atoms with Gasteiger partial charge in [0.05, 0.1) is 6.20 Å². The fourth-order valence-electron chi connectivity index (χ4n) is 1.77. The van der Waals surface area contributed by atoms with E-state index in [9.17, 15) is 9.90 Å². The Morgan fingerprint density at radius 1 is 1.71 bits per heavy atom. The third-order valence-electron chi connectivity index (χ3n) is 2.83. The number of carboxylic acids is 1. The Hall–Kier alpha value is -1.36. The van der Waals surface area contributed by atoms with Crippen molar-refractivity contribution in [1.29, 1.82) is 0 Å². The van der Waals surface area contributed by atoms with Gasteiger partial charge in [-0.05, 0) is 18.4 Å². The highest BCUT2D eigenvalue weighted by molar-refractivity contribution is 5.75. The highest BCUT2D eigenvalue weighted by atomic mass is 16.4. The molecule has 0 aliphatic heterocycles. The largest absolute Gasteiger partial charge is 0.479 e. The average molecular weight is 196 g/mol. The SMILES string of the molecule is Cn1cc(C2(C(O)C(=O)O)CC2)cn1. The number of carboxylic acid groups (broad SMARTS) is 1. The normalized spacial score (nSPS) is 20.4. The van der Waals surface area contributed by atoms with Crippen LogP contribution < -0.4 is 0 Å². The molecular formula is C9H12N2O3. The number of carbonyl (C=O) groups is 1. The minimum absolute atomic E-state index is 0.583. The van der Waals surface area contributed by atoms with Gasteiger partial charge in [-0.25, -0.2) is 4.79 Å². The van der Waals surface area contributed by atoms with Crippen LogP contribution in [0.25, 0.3) is 0 Å². The van der Waals surface area contributed by atoms with Crippen molar-refractivity contribution in [3.8, 4) is 0 Å². The molecule has 76 valence electrons. The number of hydrogen-bond donors (Lipinski definition) is 2. The minimum atomic E-state index is -1.31. The van der Waals surface area contributed by atoms with Gasteiger partial charge in [0, 0.05) is 18.7 Å². The molecule has 0 amide bonds. The Balaban J connectivity index is 2.29. The van der Waals surface area contributed by atoms with Crippen LogP contribution in [-0.2, 0) is 17.3 Å². The summed E-state index contributed by atoms with van der Waals surface area (Å²) in [6, 6.07) is 0. The quantitative estimate of drug-likeness (QED) is 0.707. The van der Waals surface area contributed by atoms with Crippen molar-refractivity contribution in [2.75, 3.05) is 0 Å². The van der Waals surface area contributed by atoms with E-state index >= 15 is 0 Å². The summed E-state index contributed by atoms with van der Waals surface area (Å²) in [7, 11) is 1.77. The predicted octanol–water partition coefficient (Wildman–Crippen LogP) is -0.103. The molecule has 0 saturated heterocycles. The molecule has 1 heterocycles. The van der Waals surface area contributed by atoms with Crippen LogP contribution in [-0.4, -0.2) is 32.1 Å². The minimum Gasteiger partial charge on any atom is -0.479 e. The Morgan fingerprint density at radius 2 is 2.36 bits per heavy atom. The first-order valence-electron chi connectivity index (χ1n) is 4.46. The first-order chi connectivity index (χ1) is 6.56. The maximum absolute atomic E-state index is 10.7. The molecular weight excluding hydrogens is 184 g/mol. The van der Waals surface area contributed by atoms with Gasteiger partial charge in [0.2, 0.25) is 0 Å². The Kier molecular flexibility index (Phi) is 1.85. The number of aliphatic hydroxyl groups excluding tert-OH is 1. The number of aliphatic hydroxyl groups is 1. The van der Waals surface area contributed by atoms with E-state index in [2.05, 4.69) is 5.10 Å². The maximum atomic E-state index is 10.7. The summed E-state index contributed by atoms with van der Waals surface area (Å²) in [5.74, 6) is -1.16. The first kappa shape index (κ1) is 9.21. The topological polar surface area (TPSA) is 75.4 Å². The van der Waals surface area contributed by atoms with Crippen LogP contribution in [0.2, 0.25) is 0 Å². The van der Waals surface area contributed by atoms with Gasteiger partial charge in [-0.3, -0.25) is 4.68 Å². The van der Waals surface area contributed by atoms with Crippen molar-refractivity contribution in [3.05, 3.63) is 18.0 Å². The molecule has 1 aliphatic carbocycles. The van der Waals surface area contributed by atoms with Gasteiger partial charge in [-0.2, -0.15) is 5.10 Å². The van der Waals surface area contributed by atoms with Crippen molar-refractivity contribution in [2.24, 2.45) is 7.05 Å². The summed E-state index contributed by atoms with van der Waals surface area (Å²) in [6.45, 7) is 0. The van der Waals surface area contributed by atoms with Crippen molar-refractivity contribution < 1.29 is 15.0 Å². The molecule has 1 saturated carbocycles. The molecule has 0 aromatic carbocycles. The summed E-state index contributed by atoms with van der Waals surface area (Å²) in [5.41, 5.74) is 0.231. The molecule has 14 heavy (non-hydrogen) atoms. The van der Waals surface area contributed by atoms with Gasteiger partial charge in [0.15, 0.2) is 6.10 Å². The zero-order valence-electron chi connectivity index (χ0n) is 7.84. The predicted molar refractivity (Wildman–Crippen MR) is 47.8 cm³/mol. The molecule has 2 N–H and O–H groups in total. The molecule has 0 spiro atoms. The van der Waals surface area contributed by atoms with E-state index in [0.29, 0.717) is 12.8 Å². The van der Waals surface area contributed by atoms with Crippen LogP contribution in [0.3, 0.4) is 0 Å². The van der Waals surface area contributed by atoms with Gasteiger partial charge >= 0.3 is 5.97 Å². The van der Waals surface area contributed by atoms with Crippen LogP contribution >= 0.6 is 0 Å². The lowest BCUT2D eigenvalue weighted by molar-refractivity contribution is -0.148. The average Bonchev–Trinajstić information content (AvgIpc) is 2.83. The van der Waals surface area contributed by atoms with E-state index < -0.39 is 17.5 Å². The fraction of sp³-hybridized carbons (Fsp3) is 0.556. The number of aryl methyl sites for hydroxylation is 1. The van der Waals surface area contributed by atoms with Gasteiger partial charge in [0.25, 0.3) is 0 Å². The van der Waals surface area contributed by atoms with Crippen LogP contribution in [0.15, 0.2) is 12.4 Å². The van der Waals surface area contributed by atoms with E-state index in [1.54, 1.807) is 24.1 Å². The molecule has 0 bridgehead atoms. The molecule has 1 aliphatic rings. The van der Waals surface area contributed by atoms with Crippen molar-refractivity contribution in [2.45, 2.75) is 24.4 Å². The fourth-order valence-corrected chi connectivity index (χ4v) is 1.77. The number of nitrogens with zero attached hydrogens (tertiary/aromatic N) is 2. The van der Waals surface area contributed by atoms with E-state index in [1.165, 1.54) is 0 Å². The lowest BCUT2D eigenvalue weighted by Gasteiger charge is -2.16. The van der Waals surface area contributed by atoms with Gasteiger partial charge in [-0.15, -0.1) is 0 Å². The van der Waals surface area contributed by atoms with Crippen molar-refractivity contribution >= 4 is 5.97 Å². The number of aliphatic carboxylic acids is 1. The lowest BCUT2D eigenvalue weighted by atomic mass is 9.93. The van der Waals surface area contributed by atoms with Crippen molar-refractivity contribution in [3.63, 3.8) is 0 Å². The van der Waals surface area contributed by atoms with Crippen LogP contribution in [0.1, 0.15) is 18.4 Å². The second kappa shape index (κ2) is 2.81. The van der Waals surface area contributed by atoms with Gasteiger partial charge in [0.1, 0.15) is 0 Å². The number of aromatic nitrogens is 2. The molecule has 2 rings (SSSR count). The standard InChI is InChI=1S/C9H12N2O3/c1-11-5-6(4-10-11)9(2-3-9)7(12)8(13)14/h4-5,7,12H,2-3H2,1H3,(H,13,14). The van der Waals surface area contributed by atoms with Gasteiger partial charge in [-0.1, -0.05) is 0 Å². The highest BCUT2D eigenvalue weighted by Crippen LogP contribution is 2.50. The molecule has 0 radical (unpaired) electrons. The zero-order chi connectivity index (χ0) is 10.3. The molecule has 1 fully saturated rings. The Bertz CT molecular complexity index is 368. The first-order valence-corrected chi connectivity index (χ1v) is 4.46. The number of rotatable bonds is 3. The summed E-state index contributed by atoms with van der Waals surface area (Å²) < 4.78 is 1.62. The lowest BCUT2D eigenvalue weighted by Crippen LogP contribution is -2.33. The van der Waals surface area contributed by atoms with Crippen molar-refractivity contribution in [1.82, 2.24) is 9.78 Å². The maximum Gasteiger partial charge on any atom is 0.333 e. The second-order valence-electron chi connectivity index (χ2n) is 3.80. The molecule has 5 heteroatoms.